The Hall–Kier alpha value is -1.06. The zero-order chi connectivity index (χ0) is 19.1. The third-order valence-electron chi connectivity index (χ3n) is 8.16. The summed E-state index contributed by atoms with van der Waals surface area (Å²) in [5, 5.41) is 10.4. The van der Waals surface area contributed by atoms with Crippen LogP contribution >= 0.6 is 0 Å². The monoisotopic (exact) mass is 383 g/mol. The minimum Gasteiger partial charge on any atom is -0.491 e. The molecule has 0 spiro atoms. The molecule has 0 radical (unpaired) electrons. The van der Waals surface area contributed by atoms with Crippen molar-refractivity contribution in [2.75, 3.05) is 26.2 Å². The third-order valence-corrected chi connectivity index (χ3v) is 8.16. The van der Waals surface area contributed by atoms with Crippen molar-refractivity contribution in [2.45, 2.75) is 69.8 Å². The van der Waals surface area contributed by atoms with Crippen molar-refractivity contribution in [3.63, 3.8) is 0 Å². The summed E-state index contributed by atoms with van der Waals surface area (Å²) >= 11 is 0. The minimum atomic E-state index is -0.409. The van der Waals surface area contributed by atoms with Crippen LogP contribution in [0.15, 0.2) is 24.3 Å². The van der Waals surface area contributed by atoms with Gasteiger partial charge in [-0.3, -0.25) is 0 Å². The third kappa shape index (κ3) is 3.85. The van der Waals surface area contributed by atoms with Crippen LogP contribution in [0, 0.1) is 23.7 Å². The molecule has 4 aliphatic carbocycles. The molecule has 6 rings (SSSR count). The SMILES string of the molecule is C[C@H]1CCCN(C[C@H](O)COc2ccc(C34CC5CC(CC(C5)C3)C4)cc2)C1. The van der Waals surface area contributed by atoms with E-state index in [1.807, 2.05) is 0 Å². The Morgan fingerprint density at radius 1 is 1.07 bits per heavy atom. The maximum Gasteiger partial charge on any atom is 0.119 e. The van der Waals surface area contributed by atoms with Crippen LogP contribution in [0.25, 0.3) is 0 Å². The van der Waals surface area contributed by atoms with E-state index in [2.05, 4.69) is 36.1 Å². The molecule has 0 aromatic heterocycles. The van der Waals surface area contributed by atoms with Gasteiger partial charge in [0.15, 0.2) is 0 Å². The van der Waals surface area contributed by atoms with E-state index in [1.165, 1.54) is 51.4 Å². The Labute approximate surface area is 170 Å². The summed E-state index contributed by atoms with van der Waals surface area (Å²) in [7, 11) is 0. The molecule has 1 aromatic rings. The number of piperidine rings is 1. The Kier molecular flexibility index (Phi) is 5.17. The van der Waals surface area contributed by atoms with Gasteiger partial charge in [-0.2, -0.15) is 0 Å². The maximum atomic E-state index is 10.4. The van der Waals surface area contributed by atoms with E-state index in [1.54, 1.807) is 5.56 Å². The summed E-state index contributed by atoms with van der Waals surface area (Å²) in [5.74, 6) is 4.60. The fourth-order valence-electron chi connectivity index (χ4n) is 7.36. The quantitative estimate of drug-likeness (QED) is 0.778. The van der Waals surface area contributed by atoms with Crippen molar-refractivity contribution in [1.82, 2.24) is 4.90 Å². The molecule has 3 heteroatoms. The van der Waals surface area contributed by atoms with Crippen LogP contribution in [0.4, 0.5) is 0 Å². The zero-order valence-electron chi connectivity index (χ0n) is 17.5. The van der Waals surface area contributed by atoms with Crippen LogP contribution in [0.1, 0.15) is 63.9 Å². The summed E-state index contributed by atoms with van der Waals surface area (Å²) < 4.78 is 5.93. The van der Waals surface area contributed by atoms with Gasteiger partial charge in [0.1, 0.15) is 18.5 Å². The number of likely N-dealkylation sites (tertiary alicyclic amines) is 1. The molecule has 0 unspecified atom stereocenters. The van der Waals surface area contributed by atoms with Crippen molar-refractivity contribution >= 4 is 0 Å². The van der Waals surface area contributed by atoms with Gasteiger partial charge in [0.05, 0.1) is 0 Å². The van der Waals surface area contributed by atoms with Gasteiger partial charge < -0.3 is 14.7 Å². The predicted molar refractivity (Wildman–Crippen MR) is 113 cm³/mol. The normalized spacial score (nSPS) is 38.5. The standard InChI is InChI=1S/C25H37NO2/c1-18-3-2-8-26(15-18)16-23(27)17-28-24-6-4-22(5-7-24)25-12-19-9-20(13-25)11-21(10-19)14-25/h4-7,18-21,23,27H,2-3,8-17H2,1H3/t18-,19?,20?,21?,23-,25?/m0/s1. The van der Waals surface area contributed by atoms with Gasteiger partial charge >= 0.3 is 0 Å². The van der Waals surface area contributed by atoms with E-state index in [4.69, 9.17) is 4.74 Å². The summed E-state index contributed by atoms with van der Waals surface area (Å²) in [4.78, 5) is 2.39. The average Bonchev–Trinajstić information content (AvgIpc) is 2.66. The van der Waals surface area contributed by atoms with E-state index in [0.717, 1.165) is 49.1 Å². The molecule has 1 aliphatic heterocycles. The number of nitrogens with zero attached hydrogens (tertiary/aromatic N) is 1. The van der Waals surface area contributed by atoms with E-state index in [9.17, 15) is 5.11 Å². The van der Waals surface area contributed by atoms with Crippen LogP contribution in [-0.2, 0) is 5.41 Å². The maximum absolute atomic E-state index is 10.4. The molecular weight excluding hydrogens is 346 g/mol. The number of benzene rings is 1. The second kappa shape index (κ2) is 7.65. The lowest BCUT2D eigenvalue weighted by Gasteiger charge is -2.57. The van der Waals surface area contributed by atoms with Crippen molar-refractivity contribution in [3.8, 4) is 5.75 Å². The number of aliphatic hydroxyl groups is 1. The van der Waals surface area contributed by atoms with E-state index >= 15 is 0 Å². The summed E-state index contributed by atoms with van der Waals surface area (Å²) in [6, 6.07) is 8.93. The summed E-state index contributed by atoms with van der Waals surface area (Å²) in [6.45, 7) is 5.65. The lowest BCUT2D eigenvalue weighted by Crippen LogP contribution is -2.48. The highest BCUT2D eigenvalue weighted by molar-refractivity contribution is 5.34. The number of rotatable bonds is 6. The van der Waals surface area contributed by atoms with Crippen molar-refractivity contribution < 1.29 is 9.84 Å². The topological polar surface area (TPSA) is 32.7 Å². The van der Waals surface area contributed by atoms with Gasteiger partial charge in [-0.05, 0) is 105 Å². The van der Waals surface area contributed by atoms with Gasteiger partial charge in [-0.1, -0.05) is 19.1 Å². The first-order chi connectivity index (χ1) is 13.6. The first-order valence-corrected chi connectivity index (χ1v) is 11.7. The van der Waals surface area contributed by atoms with Crippen LogP contribution in [-0.4, -0.2) is 42.4 Å². The van der Waals surface area contributed by atoms with E-state index in [0.29, 0.717) is 12.0 Å². The highest BCUT2D eigenvalue weighted by Crippen LogP contribution is 2.60. The first-order valence-electron chi connectivity index (χ1n) is 11.7. The number of hydrogen-bond acceptors (Lipinski definition) is 3. The Morgan fingerprint density at radius 2 is 1.71 bits per heavy atom. The molecule has 5 fully saturated rings. The van der Waals surface area contributed by atoms with E-state index < -0.39 is 6.10 Å². The Morgan fingerprint density at radius 3 is 2.32 bits per heavy atom. The minimum absolute atomic E-state index is 0.390. The van der Waals surface area contributed by atoms with Crippen LogP contribution < -0.4 is 4.74 Å². The van der Waals surface area contributed by atoms with Crippen LogP contribution in [0.2, 0.25) is 0 Å². The Bertz CT molecular complexity index is 634. The summed E-state index contributed by atoms with van der Waals surface area (Å²) in [6.07, 6.45) is 10.9. The van der Waals surface area contributed by atoms with Gasteiger partial charge in [0.25, 0.3) is 0 Å². The molecule has 0 amide bonds. The second-order valence-electron chi connectivity index (χ2n) is 10.7. The van der Waals surface area contributed by atoms with E-state index in [-0.39, 0.29) is 0 Å². The fourth-order valence-corrected chi connectivity index (χ4v) is 7.36. The molecule has 1 heterocycles. The van der Waals surface area contributed by atoms with Crippen molar-refractivity contribution in [1.29, 1.82) is 0 Å². The van der Waals surface area contributed by atoms with Crippen LogP contribution in [0.3, 0.4) is 0 Å². The molecule has 3 nitrogen and oxygen atoms in total. The molecule has 2 atom stereocenters. The van der Waals surface area contributed by atoms with Gasteiger partial charge in [0, 0.05) is 13.1 Å². The number of aliphatic hydroxyl groups excluding tert-OH is 1. The molecular formula is C25H37NO2. The molecule has 28 heavy (non-hydrogen) atoms. The summed E-state index contributed by atoms with van der Waals surface area (Å²) in [5.41, 5.74) is 2.00. The second-order valence-corrected chi connectivity index (χ2v) is 10.7. The van der Waals surface area contributed by atoms with Crippen LogP contribution in [0.5, 0.6) is 5.75 Å². The molecule has 1 saturated heterocycles. The molecule has 1 aromatic carbocycles. The molecule has 4 bridgehead atoms. The molecule has 154 valence electrons. The van der Waals surface area contributed by atoms with Crippen molar-refractivity contribution in [3.05, 3.63) is 29.8 Å². The molecule has 5 aliphatic rings. The lowest BCUT2D eigenvalue weighted by atomic mass is 9.48. The number of β-amino-alcohol motifs (C(OH)–C–C–N with tert-alkyl or cyclic N) is 1. The van der Waals surface area contributed by atoms with Crippen molar-refractivity contribution in [2.24, 2.45) is 23.7 Å². The number of ether oxygens (including phenoxy) is 1. The smallest absolute Gasteiger partial charge is 0.119 e. The highest BCUT2D eigenvalue weighted by Gasteiger charge is 2.51. The fraction of sp³-hybridized carbons (Fsp3) is 0.760. The van der Waals surface area contributed by atoms with Gasteiger partial charge in [0.2, 0.25) is 0 Å². The molecule has 1 N–H and O–H groups in total. The average molecular weight is 384 g/mol. The zero-order valence-corrected chi connectivity index (χ0v) is 17.5. The van der Waals surface area contributed by atoms with Gasteiger partial charge in [-0.15, -0.1) is 0 Å². The highest BCUT2D eigenvalue weighted by atomic mass is 16.5. The predicted octanol–water partition coefficient (Wildman–Crippen LogP) is 4.63. The van der Waals surface area contributed by atoms with Gasteiger partial charge in [-0.25, -0.2) is 0 Å². The largest absolute Gasteiger partial charge is 0.491 e. The lowest BCUT2D eigenvalue weighted by molar-refractivity contribution is -0.00522. The molecule has 4 saturated carbocycles. The Balaban J connectivity index is 1.16. The first kappa shape index (κ1) is 18.9. The number of hydrogen-bond donors (Lipinski definition) is 1.